The van der Waals surface area contributed by atoms with Gasteiger partial charge in [0.2, 0.25) is 0 Å². The molecule has 2 nitrogen and oxygen atoms in total. The highest BCUT2D eigenvalue weighted by atomic mass is 16.5. The maximum atomic E-state index is 11.3. The quantitative estimate of drug-likeness (QED) is 0.483. The number of unbranched alkanes of at least 4 members (excludes halogenated alkanes) is 4. The van der Waals surface area contributed by atoms with Gasteiger partial charge in [0.15, 0.2) is 0 Å². The van der Waals surface area contributed by atoms with Crippen LogP contribution in [0.2, 0.25) is 0 Å². The molecule has 2 heteroatoms. The summed E-state index contributed by atoms with van der Waals surface area (Å²) in [6.45, 7) is 4.20. The number of carbonyl (C=O) groups excluding carboxylic acids is 1. The summed E-state index contributed by atoms with van der Waals surface area (Å²) in [6.07, 6.45) is 8.50. The van der Waals surface area contributed by atoms with E-state index in [9.17, 15) is 4.79 Å². The topological polar surface area (TPSA) is 26.3 Å². The molecule has 1 saturated heterocycles. The van der Waals surface area contributed by atoms with Gasteiger partial charge >= 0.3 is 5.97 Å². The van der Waals surface area contributed by atoms with E-state index in [-0.39, 0.29) is 18.0 Å². The van der Waals surface area contributed by atoms with E-state index in [0.717, 1.165) is 12.8 Å². The Hall–Kier alpha value is -0.530. The predicted molar refractivity (Wildman–Crippen MR) is 57.0 cm³/mol. The van der Waals surface area contributed by atoms with E-state index in [1.165, 1.54) is 32.1 Å². The molecule has 0 aromatic heterocycles. The van der Waals surface area contributed by atoms with Crippen LogP contribution >= 0.6 is 0 Å². The van der Waals surface area contributed by atoms with Gasteiger partial charge in [0.25, 0.3) is 0 Å². The van der Waals surface area contributed by atoms with Crippen molar-refractivity contribution in [2.75, 3.05) is 0 Å². The van der Waals surface area contributed by atoms with Crippen molar-refractivity contribution >= 4 is 5.97 Å². The smallest absolute Gasteiger partial charge is 0.309 e. The number of hydrogen-bond donors (Lipinski definition) is 0. The molecule has 0 aromatic carbocycles. The van der Waals surface area contributed by atoms with Gasteiger partial charge in [0.05, 0.1) is 12.0 Å². The van der Waals surface area contributed by atoms with Crippen LogP contribution in [0.3, 0.4) is 0 Å². The fourth-order valence-electron chi connectivity index (χ4n) is 2.07. The molecule has 0 unspecified atom stereocenters. The van der Waals surface area contributed by atoms with E-state index in [0.29, 0.717) is 0 Å². The second-order valence-corrected chi connectivity index (χ2v) is 4.38. The van der Waals surface area contributed by atoms with Gasteiger partial charge in [-0.3, -0.25) is 4.79 Å². The summed E-state index contributed by atoms with van der Waals surface area (Å²) in [4.78, 5) is 11.3. The largest absolute Gasteiger partial charge is 0.462 e. The van der Waals surface area contributed by atoms with Crippen molar-refractivity contribution < 1.29 is 9.53 Å². The van der Waals surface area contributed by atoms with E-state index < -0.39 is 0 Å². The Kier molecular flexibility index (Phi) is 4.99. The lowest BCUT2D eigenvalue weighted by molar-refractivity contribution is -0.143. The van der Waals surface area contributed by atoms with E-state index in [2.05, 4.69) is 6.92 Å². The van der Waals surface area contributed by atoms with Crippen LogP contribution in [0, 0.1) is 5.92 Å². The number of ether oxygens (including phenoxy) is 1. The highest BCUT2D eigenvalue weighted by molar-refractivity contribution is 5.74. The van der Waals surface area contributed by atoms with Gasteiger partial charge in [0, 0.05) is 0 Å². The molecule has 14 heavy (non-hydrogen) atoms. The molecule has 0 aromatic rings. The summed E-state index contributed by atoms with van der Waals surface area (Å²) >= 11 is 0. The van der Waals surface area contributed by atoms with Crippen molar-refractivity contribution in [2.45, 2.75) is 64.9 Å². The van der Waals surface area contributed by atoms with E-state index in [1.807, 2.05) is 6.92 Å². The Bertz CT molecular complexity index is 177. The third-order valence-corrected chi connectivity index (χ3v) is 2.92. The molecule has 0 aliphatic carbocycles. The first-order valence-corrected chi connectivity index (χ1v) is 5.94. The minimum absolute atomic E-state index is 0.0352. The van der Waals surface area contributed by atoms with Crippen LogP contribution in [-0.4, -0.2) is 12.1 Å². The number of cyclic esters (lactones) is 1. The van der Waals surface area contributed by atoms with Gasteiger partial charge in [-0.05, 0) is 19.8 Å². The lowest BCUT2D eigenvalue weighted by Gasteiger charge is -2.04. The van der Waals surface area contributed by atoms with Crippen molar-refractivity contribution in [1.29, 1.82) is 0 Å². The van der Waals surface area contributed by atoms with Gasteiger partial charge in [-0.25, -0.2) is 0 Å². The zero-order valence-corrected chi connectivity index (χ0v) is 9.42. The molecule has 1 aliphatic rings. The van der Waals surface area contributed by atoms with Crippen LogP contribution in [0.15, 0.2) is 0 Å². The van der Waals surface area contributed by atoms with Gasteiger partial charge in [-0.15, -0.1) is 0 Å². The van der Waals surface area contributed by atoms with Gasteiger partial charge in [0.1, 0.15) is 0 Å². The fraction of sp³-hybridized carbons (Fsp3) is 0.917. The Balaban J connectivity index is 2.04. The third-order valence-electron chi connectivity index (χ3n) is 2.92. The molecule has 0 spiro atoms. The Morgan fingerprint density at radius 3 is 2.57 bits per heavy atom. The third kappa shape index (κ3) is 3.69. The first-order valence-electron chi connectivity index (χ1n) is 5.94. The van der Waals surface area contributed by atoms with Crippen molar-refractivity contribution in [3.8, 4) is 0 Å². The second kappa shape index (κ2) is 6.05. The number of carbonyl (C=O) groups is 1. The molecule has 1 heterocycles. The SMILES string of the molecule is CCCCCCC[C@@H]1C[C@@H](C)OC1=O. The zero-order chi connectivity index (χ0) is 10.4. The minimum Gasteiger partial charge on any atom is -0.462 e. The molecule has 0 N–H and O–H groups in total. The van der Waals surface area contributed by atoms with Crippen molar-refractivity contribution in [2.24, 2.45) is 5.92 Å². The summed E-state index contributed by atoms with van der Waals surface area (Å²) in [7, 11) is 0. The van der Waals surface area contributed by atoms with Crippen LogP contribution in [0.1, 0.15) is 58.8 Å². The average molecular weight is 198 g/mol. The Morgan fingerprint density at radius 1 is 1.29 bits per heavy atom. The van der Waals surface area contributed by atoms with Crippen molar-refractivity contribution in [3.63, 3.8) is 0 Å². The van der Waals surface area contributed by atoms with Crippen LogP contribution in [0.5, 0.6) is 0 Å². The lowest BCUT2D eigenvalue weighted by atomic mass is 9.97. The Labute approximate surface area is 87.0 Å². The molecule has 2 atom stereocenters. The zero-order valence-electron chi connectivity index (χ0n) is 9.42. The molecular weight excluding hydrogens is 176 g/mol. The molecule has 1 aliphatic heterocycles. The summed E-state index contributed by atoms with van der Waals surface area (Å²) < 4.78 is 5.11. The fourth-order valence-corrected chi connectivity index (χ4v) is 2.07. The molecule has 0 bridgehead atoms. The summed E-state index contributed by atoms with van der Waals surface area (Å²) in [6, 6.07) is 0. The van der Waals surface area contributed by atoms with Gasteiger partial charge in [-0.2, -0.15) is 0 Å². The first kappa shape index (κ1) is 11.5. The minimum atomic E-state index is 0.0352. The van der Waals surface area contributed by atoms with E-state index in [4.69, 9.17) is 4.74 Å². The molecule has 0 saturated carbocycles. The van der Waals surface area contributed by atoms with Gasteiger partial charge in [-0.1, -0.05) is 39.0 Å². The number of rotatable bonds is 6. The molecule has 0 radical (unpaired) electrons. The average Bonchev–Trinajstić information content (AvgIpc) is 2.45. The van der Waals surface area contributed by atoms with Crippen molar-refractivity contribution in [1.82, 2.24) is 0 Å². The number of hydrogen-bond acceptors (Lipinski definition) is 2. The summed E-state index contributed by atoms with van der Waals surface area (Å²) in [5, 5.41) is 0. The van der Waals surface area contributed by atoms with E-state index in [1.54, 1.807) is 0 Å². The molecule has 82 valence electrons. The summed E-state index contributed by atoms with van der Waals surface area (Å²) in [5.74, 6) is 0.236. The molecule has 0 amide bonds. The maximum Gasteiger partial charge on any atom is 0.309 e. The highest BCUT2D eigenvalue weighted by Crippen LogP contribution is 2.25. The van der Waals surface area contributed by atoms with Crippen LogP contribution < -0.4 is 0 Å². The van der Waals surface area contributed by atoms with Crippen molar-refractivity contribution in [3.05, 3.63) is 0 Å². The molecular formula is C12H22O2. The summed E-state index contributed by atoms with van der Waals surface area (Å²) in [5.41, 5.74) is 0. The Morgan fingerprint density at radius 2 is 2.00 bits per heavy atom. The first-order chi connectivity index (χ1) is 6.74. The van der Waals surface area contributed by atoms with Crippen LogP contribution in [0.4, 0.5) is 0 Å². The molecule has 1 rings (SSSR count). The monoisotopic (exact) mass is 198 g/mol. The predicted octanol–water partition coefficient (Wildman–Crippen LogP) is 3.30. The second-order valence-electron chi connectivity index (χ2n) is 4.38. The standard InChI is InChI=1S/C12H22O2/c1-3-4-5-6-7-8-11-9-10(2)14-12(11)13/h10-11H,3-9H2,1-2H3/t10-,11-/m1/s1. The number of esters is 1. The highest BCUT2D eigenvalue weighted by Gasteiger charge is 2.30. The normalized spacial score (nSPS) is 26.6. The molecule has 1 fully saturated rings. The van der Waals surface area contributed by atoms with Gasteiger partial charge < -0.3 is 4.74 Å². The lowest BCUT2D eigenvalue weighted by Crippen LogP contribution is -2.07. The maximum absolute atomic E-state index is 11.3. The van der Waals surface area contributed by atoms with Crippen LogP contribution in [0.25, 0.3) is 0 Å². The van der Waals surface area contributed by atoms with Crippen LogP contribution in [-0.2, 0) is 9.53 Å². The van der Waals surface area contributed by atoms with E-state index >= 15 is 0 Å².